The molecular weight excluding hydrogens is 264 g/mol. The van der Waals surface area contributed by atoms with Crippen molar-refractivity contribution in [2.75, 3.05) is 10.6 Å². The fraction of sp³-hybridized carbons (Fsp3) is 0.235. The average Bonchev–Trinajstić information content (AvgIpc) is 2.43. The van der Waals surface area contributed by atoms with Gasteiger partial charge in [0.2, 0.25) is 0 Å². The van der Waals surface area contributed by atoms with Crippen LogP contribution in [-0.4, -0.2) is 5.11 Å². The van der Waals surface area contributed by atoms with Gasteiger partial charge in [-0.15, -0.1) is 0 Å². The second kappa shape index (κ2) is 6.53. The maximum atomic E-state index is 5.35. The first-order chi connectivity index (χ1) is 9.58. The Labute approximate surface area is 126 Å². The molecule has 0 saturated carbocycles. The van der Waals surface area contributed by atoms with E-state index in [1.54, 1.807) is 0 Å². The Morgan fingerprint density at radius 2 is 1.70 bits per heavy atom. The molecule has 2 N–H and O–H groups in total. The first-order valence-corrected chi connectivity index (χ1v) is 7.23. The second-order valence-corrected chi connectivity index (χ2v) is 5.36. The maximum absolute atomic E-state index is 5.35. The number of hydrogen-bond donors (Lipinski definition) is 2. The minimum atomic E-state index is 0.612. The van der Waals surface area contributed by atoms with Crippen molar-refractivity contribution in [3.63, 3.8) is 0 Å². The fourth-order valence-electron chi connectivity index (χ4n) is 2.06. The number of anilines is 2. The van der Waals surface area contributed by atoms with Gasteiger partial charge in [-0.1, -0.05) is 36.8 Å². The molecule has 0 atom stereocenters. The Morgan fingerprint density at radius 1 is 1.00 bits per heavy atom. The lowest BCUT2D eigenvalue weighted by Gasteiger charge is -2.13. The lowest BCUT2D eigenvalue weighted by Crippen LogP contribution is -2.19. The van der Waals surface area contributed by atoms with E-state index >= 15 is 0 Å². The van der Waals surface area contributed by atoms with Crippen molar-refractivity contribution in [1.82, 2.24) is 0 Å². The van der Waals surface area contributed by atoms with Gasteiger partial charge < -0.3 is 10.6 Å². The average molecular weight is 284 g/mol. The van der Waals surface area contributed by atoms with Crippen LogP contribution < -0.4 is 10.6 Å². The summed E-state index contributed by atoms with van der Waals surface area (Å²) in [5.74, 6) is 0. The van der Waals surface area contributed by atoms with E-state index in [1.807, 2.05) is 0 Å². The quantitative estimate of drug-likeness (QED) is 0.801. The van der Waals surface area contributed by atoms with E-state index in [1.165, 1.54) is 16.7 Å². The van der Waals surface area contributed by atoms with Gasteiger partial charge >= 0.3 is 0 Å². The molecule has 0 aliphatic rings. The Morgan fingerprint density at radius 3 is 2.30 bits per heavy atom. The molecule has 2 aromatic carbocycles. The topological polar surface area (TPSA) is 24.1 Å². The van der Waals surface area contributed by atoms with Crippen molar-refractivity contribution in [3.05, 3.63) is 59.2 Å². The van der Waals surface area contributed by atoms with Gasteiger partial charge in [-0.25, -0.2) is 0 Å². The number of benzene rings is 2. The SMILES string of the molecule is CCc1ccc(NC(=S)Nc2ccc(C)cc2C)cc1. The molecule has 20 heavy (non-hydrogen) atoms. The lowest BCUT2D eigenvalue weighted by atomic mass is 10.1. The van der Waals surface area contributed by atoms with Crippen LogP contribution >= 0.6 is 12.2 Å². The highest BCUT2D eigenvalue weighted by Gasteiger charge is 2.02. The van der Waals surface area contributed by atoms with Gasteiger partial charge in [0.25, 0.3) is 0 Å². The largest absolute Gasteiger partial charge is 0.332 e. The van der Waals surface area contributed by atoms with Crippen LogP contribution in [0.3, 0.4) is 0 Å². The van der Waals surface area contributed by atoms with Crippen molar-refractivity contribution >= 4 is 28.7 Å². The third-order valence-corrected chi connectivity index (χ3v) is 3.45. The van der Waals surface area contributed by atoms with E-state index in [0.717, 1.165) is 17.8 Å². The van der Waals surface area contributed by atoms with Crippen LogP contribution in [0.5, 0.6) is 0 Å². The zero-order valence-electron chi connectivity index (χ0n) is 12.2. The van der Waals surface area contributed by atoms with Crippen molar-refractivity contribution in [3.8, 4) is 0 Å². The Balaban J connectivity index is 2.01. The second-order valence-electron chi connectivity index (χ2n) is 4.95. The molecule has 2 nitrogen and oxygen atoms in total. The summed E-state index contributed by atoms with van der Waals surface area (Å²) in [5.41, 5.74) is 5.81. The van der Waals surface area contributed by atoms with Crippen molar-refractivity contribution in [2.45, 2.75) is 27.2 Å². The summed E-state index contributed by atoms with van der Waals surface area (Å²) >= 11 is 5.35. The molecule has 0 unspecified atom stereocenters. The first kappa shape index (κ1) is 14.5. The van der Waals surface area contributed by atoms with E-state index in [4.69, 9.17) is 12.2 Å². The summed E-state index contributed by atoms with van der Waals surface area (Å²) in [6.07, 6.45) is 1.05. The van der Waals surface area contributed by atoms with Crippen LogP contribution in [0.15, 0.2) is 42.5 Å². The molecule has 0 amide bonds. The van der Waals surface area contributed by atoms with Crippen LogP contribution in [0.1, 0.15) is 23.6 Å². The summed E-state index contributed by atoms with van der Waals surface area (Å²) in [7, 11) is 0. The zero-order chi connectivity index (χ0) is 14.5. The van der Waals surface area contributed by atoms with Gasteiger partial charge in [0.15, 0.2) is 5.11 Å². The molecule has 0 aromatic heterocycles. The van der Waals surface area contributed by atoms with Crippen LogP contribution in [0.2, 0.25) is 0 Å². The maximum Gasteiger partial charge on any atom is 0.175 e. The van der Waals surface area contributed by atoms with Crippen LogP contribution in [0.25, 0.3) is 0 Å². The van der Waals surface area contributed by atoms with Crippen LogP contribution in [0, 0.1) is 13.8 Å². The summed E-state index contributed by atoms with van der Waals surface area (Å²) in [6, 6.07) is 14.6. The molecule has 2 aromatic rings. The molecule has 0 heterocycles. The lowest BCUT2D eigenvalue weighted by molar-refractivity contribution is 1.14. The normalized spacial score (nSPS) is 10.2. The predicted molar refractivity (Wildman–Crippen MR) is 91.6 cm³/mol. The van der Waals surface area contributed by atoms with E-state index in [-0.39, 0.29) is 0 Å². The molecule has 104 valence electrons. The molecular formula is C17H20N2S. The highest BCUT2D eigenvalue weighted by Crippen LogP contribution is 2.17. The Bertz CT molecular complexity index is 603. The van der Waals surface area contributed by atoms with Gasteiger partial charge in [0.05, 0.1) is 0 Å². The Hall–Kier alpha value is -1.87. The minimum Gasteiger partial charge on any atom is -0.332 e. The molecule has 0 fully saturated rings. The number of hydrogen-bond acceptors (Lipinski definition) is 1. The number of nitrogens with one attached hydrogen (secondary N) is 2. The van der Waals surface area contributed by atoms with E-state index < -0.39 is 0 Å². The Kier molecular flexibility index (Phi) is 4.74. The molecule has 2 rings (SSSR count). The van der Waals surface area contributed by atoms with E-state index in [9.17, 15) is 0 Å². The molecule has 0 aliphatic carbocycles. The highest BCUT2D eigenvalue weighted by atomic mass is 32.1. The molecule has 0 radical (unpaired) electrons. The third kappa shape index (κ3) is 3.81. The summed E-state index contributed by atoms with van der Waals surface area (Å²) < 4.78 is 0. The summed E-state index contributed by atoms with van der Waals surface area (Å²) in [6.45, 7) is 6.31. The van der Waals surface area contributed by atoms with Crippen molar-refractivity contribution in [1.29, 1.82) is 0 Å². The highest BCUT2D eigenvalue weighted by molar-refractivity contribution is 7.80. The molecule has 3 heteroatoms. The molecule has 0 bridgehead atoms. The minimum absolute atomic E-state index is 0.612. The third-order valence-electron chi connectivity index (χ3n) is 3.25. The molecule has 0 saturated heterocycles. The number of thiocarbonyl (C=S) groups is 1. The van der Waals surface area contributed by atoms with Crippen molar-refractivity contribution < 1.29 is 0 Å². The van der Waals surface area contributed by atoms with E-state index in [2.05, 4.69) is 73.9 Å². The van der Waals surface area contributed by atoms with Gasteiger partial charge in [0, 0.05) is 11.4 Å². The summed E-state index contributed by atoms with van der Waals surface area (Å²) in [4.78, 5) is 0. The number of aryl methyl sites for hydroxylation is 3. The van der Waals surface area contributed by atoms with Crippen molar-refractivity contribution in [2.24, 2.45) is 0 Å². The van der Waals surface area contributed by atoms with E-state index in [0.29, 0.717) is 5.11 Å². The molecule has 0 aliphatic heterocycles. The van der Waals surface area contributed by atoms with Gasteiger partial charge in [-0.2, -0.15) is 0 Å². The molecule has 0 spiro atoms. The van der Waals surface area contributed by atoms with Gasteiger partial charge in [0.1, 0.15) is 0 Å². The first-order valence-electron chi connectivity index (χ1n) is 6.82. The van der Waals surface area contributed by atoms with Crippen LogP contribution in [0.4, 0.5) is 11.4 Å². The summed E-state index contributed by atoms with van der Waals surface area (Å²) in [5, 5.41) is 7.05. The van der Waals surface area contributed by atoms with Gasteiger partial charge in [-0.05, 0) is 61.8 Å². The zero-order valence-corrected chi connectivity index (χ0v) is 13.0. The monoisotopic (exact) mass is 284 g/mol. The van der Waals surface area contributed by atoms with Crippen LogP contribution in [-0.2, 0) is 6.42 Å². The number of rotatable bonds is 3. The standard InChI is InChI=1S/C17H20N2S/c1-4-14-6-8-15(9-7-14)18-17(20)19-16-10-5-12(2)11-13(16)3/h5-11H,4H2,1-3H3,(H2,18,19,20). The smallest absolute Gasteiger partial charge is 0.175 e. The van der Waals surface area contributed by atoms with Gasteiger partial charge in [-0.3, -0.25) is 0 Å². The predicted octanol–water partition coefficient (Wildman–Crippen LogP) is 4.67. The fourth-order valence-corrected chi connectivity index (χ4v) is 2.29.